The molecule has 0 saturated carbocycles. The Labute approximate surface area is 184 Å². The van der Waals surface area contributed by atoms with Gasteiger partial charge in [0.05, 0.1) is 11.6 Å². The van der Waals surface area contributed by atoms with Gasteiger partial charge in [-0.15, -0.1) is 6.58 Å². The minimum Gasteiger partial charge on any atom is -0.490 e. The lowest BCUT2D eigenvalue weighted by atomic mass is 10.1. The number of nitrogens with one attached hydrogen (secondary N) is 1. The van der Waals surface area contributed by atoms with Crippen LogP contribution in [0, 0.1) is 0 Å². The molecule has 0 unspecified atom stereocenters. The van der Waals surface area contributed by atoms with Crippen molar-refractivity contribution in [3.63, 3.8) is 0 Å². The molecule has 2 aromatic carbocycles. The summed E-state index contributed by atoms with van der Waals surface area (Å²) in [7, 11) is 0. The van der Waals surface area contributed by atoms with Crippen molar-refractivity contribution in [1.82, 2.24) is 10.2 Å². The molecule has 1 aliphatic heterocycles. The fourth-order valence-electron chi connectivity index (χ4n) is 2.84. The first-order valence-electron chi connectivity index (χ1n) is 9.22. The van der Waals surface area contributed by atoms with Gasteiger partial charge in [0, 0.05) is 11.6 Å². The molecule has 6 nitrogen and oxygen atoms in total. The smallest absolute Gasteiger partial charge is 0.329 e. The first-order chi connectivity index (χ1) is 14.4. The summed E-state index contributed by atoms with van der Waals surface area (Å²) >= 11 is 12.3. The number of imide groups is 1. The third-order valence-electron chi connectivity index (χ3n) is 4.21. The first kappa shape index (κ1) is 21.7. The van der Waals surface area contributed by atoms with Crippen LogP contribution in [0.2, 0.25) is 10.0 Å². The van der Waals surface area contributed by atoms with E-state index in [0.717, 1.165) is 10.5 Å². The number of benzene rings is 2. The van der Waals surface area contributed by atoms with Crippen molar-refractivity contribution in [2.75, 3.05) is 13.2 Å². The summed E-state index contributed by atoms with van der Waals surface area (Å²) in [6, 6.07) is 10.1. The van der Waals surface area contributed by atoms with E-state index >= 15 is 0 Å². The zero-order chi connectivity index (χ0) is 21.7. The van der Waals surface area contributed by atoms with Crippen LogP contribution in [0.1, 0.15) is 18.1 Å². The molecule has 1 saturated heterocycles. The van der Waals surface area contributed by atoms with E-state index in [-0.39, 0.29) is 18.8 Å². The molecule has 0 aromatic heterocycles. The molecule has 1 N–H and O–H groups in total. The zero-order valence-electron chi connectivity index (χ0n) is 16.3. The van der Waals surface area contributed by atoms with Gasteiger partial charge in [-0.2, -0.15) is 0 Å². The number of amides is 3. The van der Waals surface area contributed by atoms with Crippen LogP contribution < -0.4 is 14.8 Å². The minimum atomic E-state index is -0.495. The van der Waals surface area contributed by atoms with Gasteiger partial charge >= 0.3 is 6.03 Å². The maximum absolute atomic E-state index is 12.4. The Morgan fingerprint density at radius 1 is 1.13 bits per heavy atom. The number of nitrogens with zero attached hydrogens (tertiary/aromatic N) is 1. The molecule has 1 heterocycles. The van der Waals surface area contributed by atoms with E-state index in [1.54, 1.807) is 30.3 Å². The summed E-state index contributed by atoms with van der Waals surface area (Å²) in [5, 5.41) is 3.51. The van der Waals surface area contributed by atoms with Crippen LogP contribution >= 0.6 is 23.2 Å². The minimum absolute atomic E-state index is 0.129. The number of hydrogen-bond donors (Lipinski definition) is 1. The van der Waals surface area contributed by atoms with E-state index in [9.17, 15) is 9.59 Å². The molecule has 30 heavy (non-hydrogen) atoms. The fraction of sp³-hybridized carbons (Fsp3) is 0.182. The number of urea groups is 1. The largest absolute Gasteiger partial charge is 0.490 e. The summed E-state index contributed by atoms with van der Waals surface area (Å²) in [4.78, 5) is 25.4. The van der Waals surface area contributed by atoms with Crippen molar-refractivity contribution in [3.05, 3.63) is 75.9 Å². The molecule has 0 atom stereocenters. The second kappa shape index (κ2) is 9.69. The van der Waals surface area contributed by atoms with Gasteiger partial charge in [0.25, 0.3) is 5.91 Å². The Kier molecular flexibility index (Phi) is 7.03. The second-order valence-corrected chi connectivity index (χ2v) is 7.21. The van der Waals surface area contributed by atoms with Crippen LogP contribution in [0.15, 0.2) is 54.8 Å². The lowest BCUT2D eigenvalue weighted by molar-refractivity contribution is -0.122. The van der Waals surface area contributed by atoms with Crippen molar-refractivity contribution >= 4 is 41.2 Å². The Hall–Kier alpha value is -2.96. The Bertz CT molecular complexity index is 1000. The van der Waals surface area contributed by atoms with E-state index in [0.29, 0.717) is 33.7 Å². The molecule has 0 aliphatic carbocycles. The van der Waals surface area contributed by atoms with Crippen LogP contribution in [0.25, 0.3) is 6.08 Å². The zero-order valence-corrected chi connectivity index (χ0v) is 17.8. The highest BCUT2D eigenvalue weighted by molar-refractivity contribution is 6.32. The SMILES string of the molecule is C=CCN1C(=O)N/C(=C/c2cc(Cl)c(OCc3ccc(Cl)cc3)c(OCC)c2)C1=O. The van der Waals surface area contributed by atoms with Gasteiger partial charge in [0.1, 0.15) is 12.3 Å². The lowest BCUT2D eigenvalue weighted by Crippen LogP contribution is -2.30. The molecule has 3 amide bonds. The fourth-order valence-corrected chi connectivity index (χ4v) is 3.24. The van der Waals surface area contributed by atoms with E-state index in [1.807, 2.05) is 19.1 Å². The average molecular weight is 447 g/mol. The summed E-state index contributed by atoms with van der Waals surface area (Å²) in [6.45, 7) is 6.20. The van der Waals surface area contributed by atoms with Crippen molar-refractivity contribution in [2.45, 2.75) is 13.5 Å². The summed E-state index contributed by atoms with van der Waals surface area (Å²) < 4.78 is 11.6. The van der Waals surface area contributed by atoms with Crippen molar-refractivity contribution in [2.24, 2.45) is 0 Å². The van der Waals surface area contributed by atoms with E-state index in [2.05, 4.69) is 11.9 Å². The number of carbonyl (C=O) groups excluding carboxylic acids is 2. The first-order valence-corrected chi connectivity index (χ1v) is 9.97. The van der Waals surface area contributed by atoms with Crippen LogP contribution in [0.5, 0.6) is 11.5 Å². The van der Waals surface area contributed by atoms with Gasteiger partial charge in [-0.3, -0.25) is 9.69 Å². The standard InChI is InChI=1S/C22H20Cl2N2O4/c1-3-9-26-21(27)18(25-22(26)28)11-15-10-17(24)20(19(12-15)29-4-2)30-13-14-5-7-16(23)8-6-14/h3,5-8,10-12H,1,4,9,13H2,2H3,(H,25,28)/b18-11+. The molecular weight excluding hydrogens is 427 g/mol. The van der Waals surface area contributed by atoms with Crippen LogP contribution in [0.4, 0.5) is 4.79 Å². The molecule has 2 aromatic rings. The van der Waals surface area contributed by atoms with Gasteiger partial charge in [-0.05, 0) is 48.4 Å². The number of ether oxygens (including phenoxy) is 2. The molecule has 0 bridgehead atoms. The molecule has 0 radical (unpaired) electrons. The second-order valence-electron chi connectivity index (χ2n) is 6.37. The Morgan fingerprint density at radius 3 is 2.53 bits per heavy atom. The normalized spacial score (nSPS) is 14.8. The quantitative estimate of drug-likeness (QED) is 0.350. The van der Waals surface area contributed by atoms with Crippen LogP contribution in [-0.4, -0.2) is 30.0 Å². The number of carbonyl (C=O) groups is 2. The van der Waals surface area contributed by atoms with Crippen molar-refractivity contribution in [1.29, 1.82) is 0 Å². The maximum atomic E-state index is 12.4. The predicted octanol–water partition coefficient (Wildman–Crippen LogP) is 5.05. The number of hydrogen-bond acceptors (Lipinski definition) is 4. The van der Waals surface area contributed by atoms with Crippen LogP contribution in [0.3, 0.4) is 0 Å². The number of halogens is 2. The van der Waals surface area contributed by atoms with E-state index < -0.39 is 11.9 Å². The molecular formula is C22H20Cl2N2O4. The predicted molar refractivity (Wildman–Crippen MR) is 117 cm³/mol. The van der Waals surface area contributed by atoms with E-state index in [1.165, 1.54) is 6.08 Å². The highest BCUT2D eigenvalue weighted by atomic mass is 35.5. The maximum Gasteiger partial charge on any atom is 0.329 e. The molecule has 156 valence electrons. The topological polar surface area (TPSA) is 67.9 Å². The summed E-state index contributed by atoms with van der Waals surface area (Å²) in [5.41, 5.74) is 1.66. The molecule has 1 aliphatic rings. The molecule has 0 spiro atoms. The van der Waals surface area contributed by atoms with Gasteiger partial charge in [-0.25, -0.2) is 4.79 Å². The molecule has 8 heteroatoms. The highest BCUT2D eigenvalue weighted by Crippen LogP contribution is 2.38. The molecule has 1 fully saturated rings. The van der Waals surface area contributed by atoms with E-state index in [4.69, 9.17) is 32.7 Å². The van der Waals surface area contributed by atoms with Gasteiger partial charge in [-0.1, -0.05) is 41.4 Å². The summed E-state index contributed by atoms with van der Waals surface area (Å²) in [5.74, 6) is 0.397. The summed E-state index contributed by atoms with van der Waals surface area (Å²) in [6.07, 6.45) is 3.03. The third-order valence-corrected chi connectivity index (χ3v) is 4.75. The Morgan fingerprint density at radius 2 is 1.87 bits per heavy atom. The van der Waals surface area contributed by atoms with Crippen molar-refractivity contribution < 1.29 is 19.1 Å². The molecule has 3 rings (SSSR count). The van der Waals surface area contributed by atoms with Crippen LogP contribution in [-0.2, 0) is 11.4 Å². The monoisotopic (exact) mass is 446 g/mol. The van der Waals surface area contributed by atoms with Crippen molar-refractivity contribution in [3.8, 4) is 11.5 Å². The van der Waals surface area contributed by atoms with Gasteiger partial charge in [0.2, 0.25) is 0 Å². The lowest BCUT2D eigenvalue weighted by Gasteiger charge is -2.15. The highest BCUT2D eigenvalue weighted by Gasteiger charge is 2.32. The van der Waals surface area contributed by atoms with Gasteiger partial charge < -0.3 is 14.8 Å². The van der Waals surface area contributed by atoms with Gasteiger partial charge in [0.15, 0.2) is 11.5 Å². The Balaban J connectivity index is 1.85. The number of rotatable bonds is 8. The third kappa shape index (κ3) is 4.96. The average Bonchev–Trinajstić information content (AvgIpc) is 2.97.